The van der Waals surface area contributed by atoms with Crippen LogP contribution in [0.1, 0.15) is 18.2 Å². The van der Waals surface area contributed by atoms with Crippen molar-refractivity contribution < 1.29 is 0 Å². The number of benzene rings is 5. The zero-order chi connectivity index (χ0) is 27.0. The number of hydrogen-bond donors (Lipinski definition) is 1. The fraction of sp³-hybridized carbons (Fsp3) is 0.0556. The Kier molecular flexibility index (Phi) is 4.77. The van der Waals surface area contributed by atoms with E-state index in [1.54, 1.807) is 0 Å². The maximum Gasteiger partial charge on any atom is 0.0821 e. The molecule has 8 aromatic rings. The average Bonchev–Trinajstić information content (AvgIpc) is 3.60. The van der Waals surface area contributed by atoms with Crippen LogP contribution in [0.25, 0.3) is 72.0 Å². The number of para-hydroxylation sites is 4. The molecule has 5 aromatic carbocycles. The van der Waals surface area contributed by atoms with Gasteiger partial charge in [-0.3, -0.25) is 4.68 Å². The third kappa shape index (κ3) is 2.85. The molecule has 0 unspecified atom stereocenters. The molecule has 0 aliphatic rings. The average molecular weight is 517 g/mol. The molecule has 4 heteroatoms. The van der Waals surface area contributed by atoms with Crippen LogP contribution < -0.4 is 5.84 Å². The number of nitrogen functional groups attached to an aromatic ring is 1. The molecule has 0 amide bonds. The Balaban J connectivity index is 1.80. The lowest BCUT2D eigenvalue weighted by Crippen LogP contribution is -2.10. The highest BCUT2D eigenvalue weighted by molar-refractivity contribution is 6.37. The van der Waals surface area contributed by atoms with E-state index in [9.17, 15) is 0 Å². The Hall–Kier alpha value is -5.22. The second-order valence-electron chi connectivity index (χ2n) is 10.4. The minimum Gasteiger partial charge on any atom is -0.339 e. The zero-order valence-electron chi connectivity index (χ0n) is 22.5. The number of allylic oxidation sites excluding steroid dienone is 1. The summed E-state index contributed by atoms with van der Waals surface area (Å²) in [5, 5.41) is 6.03. The molecule has 0 aliphatic carbocycles. The van der Waals surface area contributed by atoms with Crippen molar-refractivity contribution in [3.05, 3.63) is 127 Å². The summed E-state index contributed by atoms with van der Waals surface area (Å²) in [5.41, 5.74) is 10.2. The lowest BCUT2D eigenvalue weighted by molar-refractivity contribution is 1.04. The summed E-state index contributed by atoms with van der Waals surface area (Å²) in [6.07, 6.45) is 4.19. The van der Waals surface area contributed by atoms with E-state index in [1.165, 1.54) is 54.6 Å². The van der Waals surface area contributed by atoms with Crippen molar-refractivity contribution in [3.63, 3.8) is 0 Å². The molecule has 0 saturated carbocycles. The first-order valence-corrected chi connectivity index (χ1v) is 13.7. The van der Waals surface area contributed by atoms with Crippen LogP contribution in [0.3, 0.4) is 0 Å². The number of nitrogens with two attached hydrogens (primary N) is 1. The van der Waals surface area contributed by atoms with Crippen molar-refractivity contribution >= 4 is 60.6 Å². The minimum atomic E-state index is 1.02. The molecule has 0 fully saturated rings. The fourth-order valence-electron chi connectivity index (χ4n) is 6.75. The largest absolute Gasteiger partial charge is 0.339 e. The SMILES string of the molecule is C/C=C\c1c(C)c2c(c3c4ccccc4n(-c4ccccc4)c3c3c4ccccc4n(-c4ccccc4)c23)n1N. The highest BCUT2D eigenvalue weighted by atomic mass is 15.3. The van der Waals surface area contributed by atoms with E-state index < -0.39 is 0 Å². The molecule has 0 atom stereocenters. The molecule has 40 heavy (non-hydrogen) atoms. The predicted molar refractivity (Wildman–Crippen MR) is 170 cm³/mol. The Morgan fingerprint density at radius 2 is 1.00 bits per heavy atom. The van der Waals surface area contributed by atoms with Crippen molar-refractivity contribution in [2.24, 2.45) is 0 Å². The number of aryl methyl sites for hydroxylation is 1. The first-order valence-electron chi connectivity index (χ1n) is 13.7. The molecule has 4 nitrogen and oxygen atoms in total. The van der Waals surface area contributed by atoms with Gasteiger partial charge in [-0.2, -0.15) is 0 Å². The van der Waals surface area contributed by atoms with E-state index in [4.69, 9.17) is 5.84 Å². The van der Waals surface area contributed by atoms with E-state index in [0.29, 0.717) is 0 Å². The molecule has 0 spiro atoms. The fourth-order valence-corrected chi connectivity index (χ4v) is 6.75. The number of rotatable bonds is 3. The lowest BCUT2D eigenvalue weighted by Gasteiger charge is -2.12. The van der Waals surface area contributed by atoms with Gasteiger partial charge in [0.1, 0.15) is 0 Å². The standard InChI is InChI=1S/C36H28N4/c1-3-14-28-23(2)31-34-32(26-19-10-12-21-29(26)38(34)24-15-6-4-7-16-24)35-33(36(31)40(28)37)27-20-11-13-22-30(27)39(35)25-17-8-5-9-18-25/h3-22H,37H2,1-2H3/b14-3-. The Bertz CT molecular complexity index is 2280. The zero-order valence-corrected chi connectivity index (χ0v) is 22.5. The molecule has 3 heterocycles. The maximum atomic E-state index is 7.05. The van der Waals surface area contributed by atoms with Gasteiger partial charge >= 0.3 is 0 Å². The van der Waals surface area contributed by atoms with E-state index >= 15 is 0 Å². The van der Waals surface area contributed by atoms with Crippen LogP contribution >= 0.6 is 0 Å². The normalized spacial score (nSPS) is 12.2. The highest BCUT2D eigenvalue weighted by Crippen LogP contribution is 2.48. The van der Waals surface area contributed by atoms with Gasteiger partial charge in [-0.05, 0) is 61.9 Å². The van der Waals surface area contributed by atoms with Gasteiger partial charge in [0.15, 0.2) is 0 Å². The van der Waals surface area contributed by atoms with Crippen molar-refractivity contribution in [2.45, 2.75) is 13.8 Å². The summed E-state index contributed by atoms with van der Waals surface area (Å²) in [7, 11) is 0. The molecule has 0 saturated heterocycles. The highest BCUT2D eigenvalue weighted by Gasteiger charge is 2.28. The van der Waals surface area contributed by atoms with Crippen LogP contribution in [-0.2, 0) is 0 Å². The number of fused-ring (bicyclic) bond motifs is 10. The van der Waals surface area contributed by atoms with Crippen molar-refractivity contribution in [2.75, 3.05) is 5.84 Å². The first kappa shape index (κ1) is 22.7. The number of aromatic nitrogens is 3. The molecule has 3 aromatic heterocycles. The van der Waals surface area contributed by atoms with Crippen LogP contribution in [0.2, 0.25) is 0 Å². The van der Waals surface area contributed by atoms with Gasteiger partial charge < -0.3 is 15.0 Å². The summed E-state index contributed by atoms with van der Waals surface area (Å²) in [6, 6.07) is 38.8. The second kappa shape index (κ2) is 8.39. The van der Waals surface area contributed by atoms with Crippen LogP contribution in [0.4, 0.5) is 0 Å². The quantitative estimate of drug-likeness (QED) is 0.234. The van der Waals surface area contributed by atoms with Gasteiger partial charge in [0.05, 0.1) is 33.3 Å². The smallest absolute Gasteiger partial charge is 0.0821 e. The third-order valence-electron chi connectivity index (χ3n) is 8.31. The number of nitrogens with zero attached hydrogens (tertiary/aromatic N) is 3. The molecule has 0 radical (unpaired) electrons. The summed E-state index contributed by atoms with van der Waals surface area (Å²) in [5.74, 6) is 7.05. The van der Waals surface area contributed by atoms with Gasteiger partial charge in [-0.25, -0.2) is 0 Å². The summed E-state index contributed by atoms with van der Waals surface area (Å²) in [4.78, 5) is 0. The van der Waals surface area contributed by atoms with Gasteiger partial charge in [-0.15, -0.1) is 0 Å². The Morgan fingerprint density at radius 1 is 0.550 bits per heavy atom. The summed E-state index contributed by atoms with van der Waals surface area (Å²) < 4.78 is 6.75. The molecule has 0 bridgehead atoms. The monoisotopic (exact) mass is 516 g/mol. The van der Waals surface area contributed by atoms with E-state index in [1.807, 2.05) is 11.6 Å². The van der Waals surface area contributed by atoms with Crippen LogP contribution in [0, 0.1) is 6.92 Å². The van der Waals surface area contributed by atoms with E-state index in [-0.39, 0.29) is 0 Å². The maximum absolute atomic E-state index is 7.05. The molecular weight excluding hydrogens is 488 g/mol. The first-order chi connectivity index (χ1) is 19.7. The third-order valence-corrected chi connectivity index (χ3v) is 8.31. The van der Waals surface area contributed by atoms with Crippen LogP contribution in [0.15, 0.2) is 115 Å². The molecule has 8 rings (SSSR count). The van der Waals surface area contributed by atoms with Crippen molar-refractivity contribution in [3.8, 4) is 11.4 Å². The number of hydrogen-bond acceptors (Lipinski definition) is 1. The second-order valence-corrected chi connectivity index (χ2v) is 10.4. The van der Waals surface area contributed by atoms with Crippen LogP contribution in [-0.4, -0.2) is 13.8 Å². The van der Waals surface area contributed by atoms with Gasteiger partial charge in [0.2, 0.25) is 0 Å². The Morgan fingerprint density at radius 3 is 1.52 bits per heavy atom. The van der Waals surface area contributed by atoms with Gasteiger partial charge in [0, 0.05) is 38.3 Å². The molecular formula is C36H28N4. The van der Waals surface area contributed by atoms with Crippen LogP contribution in [0.5, 0.6) is 0 Å². The van der Waals surface area contributed by atoms with Crippen molar-refractivity contribution in [1.82, 2.24) is 13.8 Å². The van der Waals surface area contributed by atoms with E-state index in [2.05, 4.69) is 137 Å². The summed E-state index contributed by atoms with van der Waals surface area (Å²) >= 11 is 0. The van der Waals surface area contributed by atoms with E-state index in [0.717, 1.165) is 22.6 Å². The molecule has 2 N–H and O–H groups in total. The minimum absolute atomic E-state index is 1.02. The van der Waals surface area contributed by atoms with Crippen molar-refractivity contribution in [1.29, 1.82) is 0 Å². The lowest BCUT2D eigenvalue weighted by atomic mass is 10.0. The summed E-state index contributed by atoms with van der Waals surface area (Å²) in [6.45, 7) is 4.25. The molecule has 0 aliphatic heterocycles. The molecule has 192 valence electrons. The topological polar surface area (TPSA) is 40.8 Å². The Labute approximate surface area is 231 Å². The van der Waals surface area contributed by atoms with Gasteiger partial charge in [-0.1, -0.05) is 78.9 Å². The van der Waals surface area contributed by atoms with Gasteiger partial charge in [0.25, 0.3) is 0 Å². The predicted octanol–water partition coefficient (Wildman–Crippen LogP) is 8.89.